The maximum Gasteiger partial charge on any atom is 0.409 e. The van der Waals surface area contributed by atoms with Crippen LogP contribution in [0, 0.1) is 6.92 Å². The molecule has 3 aliphatic heterocycles. The number of fused-ring (bicyclic) bond motifs is 4. The topological polar surface area (TPSA) is 62.7 Å². The molecule has 6 rings (SSSR count). The summed E-state index contributed by atoms with van der Waals surface area (Å²) in [6.45, 7) is 5.73. The van der Waals surface area contributed by atoms with Crippen LogP contribution in [0.4, 0.5) is 4.79 Å². The molecule has 4 aliphatic rings. The van der Waals surface area contributed by atoms with Crippen molar-refractivity contribution in [1.82, 2.24) is 14.8 Å². The number of aromatic nitrogens is 1. The number of hydrogen-bond donors (Lipinski definition) is 0. The SMILES string of the molecule is CCCOC(=O)N1CC2CC(C1)N2C(=O)c1ccc2c(C)c3c(nc2c1)CCCC3. The summed E-state index contributed by atoms with van der Waals surface area (Å²) in [6, 6.07) is 6.12. The third kappa shape index (κ3) is 3.13. The fourth-order valence-electron chi connectivity index (χ4n) is 5.32. The molecule has 6 heteroatoms. The molecule has 0 saturated carbocycles. The van der Waals surface area contributed by atoms with E-state index in [1.807, 2.05) is 24.0 Å². The molecule has 3 fully saturated rings. The summed E-state index contributed by atoms with van der Waals surface area (Å²) >= 11 is 0. The highest BCUT2D eigenvalue weighted by Crippen LogP contribution is 2.35. The first-order valence-corrected chi connectivity index (χ1v) is 11.2. The highest BCUT2D eigenvalue weighted by molar-refractivity contribution is 5.99. The number of ether oxygens (including phenoxy) is 1. The summed E-state index contributed by atoms with van der Waals surface area (Å²) in [4.78, 5) is 34.0. The molecule has 4 heterocycles. The lowest BCUT2D eigenvalue weighted by Crippen LogP contribution is -2.70. The number of benzene rings is 1. The van der Waals surface area contributed by atoms with Gasteiger partial charge in [-0.3, -0.25) is 9.78 Å². The number of pyridine rings is 1. The Morgan fingerprint density at radius 2 is 1.93 bits per heavy atom. The number of carbonyl (C=O) groups is 2. The molecule has 1 aromatic heterocycles. The van der Waals surface area contributed by atoms with E-state index in [-0.39, 0.29) is 24.1 Å². The molecule has 2 atom stereocenters. The fourth-order valence-corrected chi connectivity index (χ4v) is 5.32. The minimum absolute atomic E-state index is 0.0527. The molecule has 158 valence electrons. The molecule has 2 amide bonds. The number of piperazine rings is 1. The van der Waals surface area contributed by atoms with E-state index in [0.717, 1.165) is 36.6 Å². The van der Waals surface area contributed by atoms with Crippen LogP contribution >= 0.6 is 0 Å². The lowest BCUT2D eigenvalue weighted by Gasteiger charge is -2.55. The van der Waals surface area contributed by atoms with Crippen molar-refractivity contribution >= 4 is 22.9 Å². The zero-order valence-corrected chi connectivity index (χ0v) is 17.8. The number of piperidine rings is 1. The Morgan fingerprint density at radius 3 is 2.70 bits per heavy atom. The summed E-state index contributed by atoms with van der Waals surface area (Å²) in [5.41, 5.74) is 5.55. The molecule has 0 spiro atoms. The van der Waals surface area contributed by atoms with Gasteiger partial charge in [0.1, 0.15) is 0 Å². The van der Waals surface area contributed by atoms with E-state index in [0.29, 0.717) is 25.3 Å². The molecule has 30 heavy (non-hydrogen) atoms. The van der Waals surface area contributed by atoms with Crippen molar-refractivity contribution in [3.05, 3.63) is 40.6 Å². The van der Waals surface area contributed by atoms with Gasteiger partial charge in [-0.05, 0) is 68.7 Å². The second-order valence-corrected chi connectivity index (χ2v) is 8.88. The third-order valence-corrected chi connectivity index (χ3v) is 6.91. The fraction of sp³-hybridized carbons (Fsp3) is 0.542. The normalized spacial score (nSPS) is 22.5. The molecule has 6 nitrogen and oxygen atoms in total. The molecule has 0 radical (unpaired) electrons. The van der Waals surface area contributed by atoms with Crippen molar-refractivity contribution < 1.29 is 14.3 Å². The van der Waals surface area contributed by atoms with E-state index in [9.17, 15) is 9.59 Å². The van der Waals surface area contributed by atoms with Gasteiger partial charge in [0.25, 0.3) is 5.91 Å². The van der Waals surface area contributed by atoms with Gasteiger partial charge in [-0.15, -0.1) is 0 Å². The van der Waals surface area contributed by atoms with E-state index >= 15 is 0 Å². The van der Waals surface area contributed by atoms with Crippen LogP contribution in [0.5, 0.6) is 0 Å². The van der Waals surface area contributed by atoms with Crippen molar-refractivity contribution in [2.24, 2.45) is 0 Å². The van der Waals surface area contributed by atoms with Gasteiger partial charge in [-0.2, -0.15) is 0 Å². The Bertz CT molecular complexity index is 1010. The minimum atomic E-state index is -0.256. The third-order valence-electron chi connectivity index (χ3n) is 6.91. The number of carbonyl (C=O) groups excluding carboxylic acids is 2. The van der Waals surface area contributed by atoms with E-state index in [1.54, 1.807) is 4.90 Å². The van der Waals surface area contributed by atoms with Gasteiger partial charge < -0.3 is 14.5 Å². The minimum Gasteiger partial charge on any atom is -0.449 e. The molecule has 1 aliphatic carbocycles. The monoisotopic (exact) mass is 407 g/mol. The number of aryl methyl sites for hydroxylation is 2. The van der Waals surface area contributed by atoms with Gasteiger partial charge in [0.2, 0.25) is 0 Å². The average molecular weight is 408 g/mol. The van der Waals surface area contributed by atoms with Gasteiger partial charge in [0.15, 0.2) is 0 Å². The Balaban J connectivity index is 1.35. The van der Waals surface area contributed by atoms with Gasteiger partial charge in [0.05, 0.1) is 24.2 Å². The van der Waals surface area contributed by atoms with E-state index in [2.05, 4.69) is 13.0 Å². The molecule has 3 saturated heterocycles. The van der Waals surface area contributed by atoms with Crippen LogP contribution in [-0.2, 0) is 17.6 Å². The molecular weight excluding hydrogens is 378 g/mol. The second-order valence-electron chi connectivity index (χ2n) is 8.88. The maximum absolute atomic E-state index is 13.3. The summed E-state index contributed by atoms with van der Waals surface area (Å²) in [5.74, 6) is 0.0527. The van der Waals surface area contributed by atoms with Crippen molar-refractivity contribution in [2.75, 3.05) is 19.7 Å². The molecule has 2 bridgehead atoms. The Kier molecular flexibility index (Phi) is 4.88. The van der Waals surface area contributed by atoms with E-state index in [4.69, 9.17) is 9.72 Å². The average Bonchev–Trinajstić information content (AvgIpc) is 2.77. The summed E-state index contributed by atoms with van der Waals surface area (Å²) in [7, 11) is 0. The first kappa shape index (κ1) is 19.3. The smallest absolute Gasteiger partial charge is 0.409 e. The first-order chi connectivity index (χ1) is 14.6. The highest BCUT2D eigenvalue weighted by Gasteiger charge is 2.48. The summed E-state index contributed by atoms with van der Waals surface area (Å²) in [6.07, 6.45) is 6.09. The van der Waals surface area contributed by atoms with Crippen molar-refractivity contribution in [3.8, 4) is 0 Å². The maximum atomic E-state index is 13.3. The zero-order valence-electron chi connectivity index (χ0n) is 17.8. The molecular formula is C24H29N3O3. The van der Waals surface area contributed by atoms with Gasteiger partial charge >= 0.3 is 6.09 Å². The number of nitrogens with zero attached hydrogens (tertiary/aromatic N) is 3. The molecule has 1 aromatic carbocycles. The lowest BCUT2D eigenvalue weighted by molar-refractivity contribution is -0.0448. The highest BCUT2D eigenvalue weighted by atomic mass is 16.6. The first-order valence-electron chi connectivity index (χ1n) is 11.2. The van der Waals surface area contributed by atoms with Crippen LogP contribution in [0.1, 0.15) is 59.8 Å². The Morgan fingerprint density at radius 1 is 1.17 bits per heavy atom. The Labute approximate surface area is 177 Å². The zero-order chi connectivity index (χ0) is 20.8. The van der Waals surface area contributed by atoms with Crippen LogP contribution in [0.2, 0.25) is 0 Å². The quantitative estimate of drug-likeness (QED) is 0.775. The van der Waals surface area contributed by atoms with E-state index < -0.39 is 0 Å². The van der Waals surface area contributed by atoms with Crippen molar-refractivity contribution in [1.29, 1.82) is 0 Å². The predicted octanol–water partition coefficient (Wildman–Crippen LogP) is 3.87. The predicted molar refractivity (Wildman–Crippen MR) is 115 cm³/mol. The standard InChI is InChI=1S/C24H29N3O3/c1-3-10-30-24(29)26-13-17-12-18(14-26)27(17)23(28)16-8-9-20-15(2)19-6-4-5-7-21(19)25-22(20)11-16/h8-9,11,17-18H,3-7,10,12-14H2,1-2H3. The van der Waals surface area contributed by atoms with Crippen LogP contribution < -0.4 is 0 Å². The summed E-state index contributed by atoms with van der Waals surface area (Å²) < 4.78 is 5.26. The Hall–Kier alpha value is -2.63. The number of rotatable bonds is 3. The van der Waals surface area contributed by atoms with Crippen LogP contribution in [0.3, 0.4) is 0 Å². The lowest BCUT2D eigenvalue weighted by atomic mass is 9.86. The molecule has 0 N–H and O–H groups in total. The van der Waals surface area contributed by atoms with Gasteiger partial charge in [-0.25, -0.2) is 4.79 Å². The molecule has 2 aromatic rings. The molecule has 2 unspecified atom stereocenters. The van der Waals surface area contributed by atoms with Crippen molar-refractivity contribution in [2.45, 2.75) is 64.5 Å². The van der Waals surface area contributed by atoms with Crippen LogP contribution in [0.25, 0.3) is 10.9 Å². The van der Waals surface area contributed by atoms with Gasteiger partial charge in [0, 0.05) is 29.7 Å². The van der Waals surface area contributed by atoms with Crippen molar-refractivity contribution in [3.63, 3.8) is 0 Å². The largest absolute Gasteiger partial charge is 0.449 e. The second kappa shape index (κ2) is 7.56. The summed E-state index contributed by atoms with van der Waals surface area (Å²) in [5, 5.41) is 1.15. The van der Waals surface area contributed by atoms with E-state index in [1.165, 1.54) is 29.7 Å². The van der Waals surface area contributed by atoms with Crippen LogP contribution in [0.15, 0.2) is 18.2 Å². The van der Waals surface area contributed by atoms with Crippen LogP contribution in [-0.4, -0.2) is 58.6 Å². The number of amides is 2. The number of hydrogen-bond acceptors (Lipinski definition) is 4. The van der Waals surface area contributed by atoms with Gasteiger partial charge in [-0.1, -0.05) is 13.0 Å².